The van der Waals surface area contributed by atoms with Gasteiger partial charge in [0.2, 0.25) is 47.6 Å². The van der Waals surface area contributed by atoms with Crippen LogP contribution in [0.5, 0.6) is 0 Å². The fraction of sp³-hybridized carbons (Fsp3) is 0.750. The smallest absolute Gasteiger partial charge is 0.234 e. The molecule has 0 aliphatic carbocycles. The lowest BCUT2D eigenvalue weighted by molar-refractivity contribution is -0.129. The van der Waals surface area contributed by atoms with Crippen LogP contribution >= 0.6 is 0 Å². The molecule has 0 heterocycles. The van der Waals surface area contributed by atoms with E-state index in [0.29, 0.717) is 37.1 Å². The SMILES string of the molecule is [B]NC(=O)CCCCNC(=O)CN(CC(=O)NCCCCCC(=O)C(C)C)CC(=O)N([B])[B]. The topological polar surface area (TPSA) is 128 Å². The number of carbonyl (C=O) groups excluding carboxylic acids is 5. The molecule has 4 amide bonds. The average Bonchev–Trinajstić information content (AvgIpc) is 2.74. The molecule has 6 radical (unpaired) electrons. The number of carbonyl (C=O) groups is 5. The number of hydrogen-bond donors (Lipinski definition) is 3. The third kappa shape index (κ3) is 16.9. The van der Waals surface area contributed by atoms with E-state index in [0.717, 1.165) is 19.3 Å². The minimum atomic E-state index is -0.654. The van der Waals surface area contributed by atoms with Gasteiger partial charge in [-0.25, -0.2) is 0 Å². The molecule has 0 fully saturated rings. The second-order valence-electron chi connectivity index (χ2n) is 8.10. The van der Waals surface area contributed by atoms with Crippen LogP contribution in [0.15, 0.2) is 0 Å². The Bertz CT molecular complexity index is 650. The van der Waals surface area contributed by atoms with Crippen LogP contribution in [0, 0.1) is 5.92 Å². The van der Waals surface area contributed by atoms with Gasteiger partial charge in [-0.05, 0) is 25.7 Å². The molecule has 0 unspecified atom stereocenters. The zero-order valence-corrected chi connectivity index (χ0v) is 19.7. The van der Waals surface area contributed by atoms with Crippen LogP contribution in [-0.2, 0) is 24.0 Å². The highest BCUT2D eigenvalue weighted by atomic mass is 16.2. The molecule has 0 aliphatic heterocycles. The van der Waals surface area contributed by atoms with Gasteiger partial charge in [0.1, 0.15) is 5.78 Å². The van der Waals surface area contributed by atoms with Gasteiger partial charge >= 0.3 is 0 Å². The maximum atomic E-state index is 12.2. The van der Waals surface area contributed by atoms with E-state index in [2.05, 4.69) is 10.6 Å². The van der Waals surface area contributed by atoms with Crippen LogP contribution in [-0.4, -0.2) is 95.7 Å². The molecule has 0 aromatic carbocycles. The molecular weight excluding hydrogens is 423 g/mol. The van der Waals surface area contributed by atoms with Crippen LogP contribution in [0.4, 0.5) is 0 Å². The van der Waals surface area contributed by atoms with Crippen molar-refractivity contribution >= 4 is 53.4 Å². The molecule has 0 bridgehead atoms. The summed E-state index contributed by atoms with van der Waals surface area (Å²) in [6, 6.07) is 0. The highest BCUT2D eigenvalue weighted by Gasteiger charge is 2.18. The van der Waals surface area contributed by atoms with E-state index in [4.69, 9.17) is 23.9 Å². The van der Waals surface area contributed by atoms with E-state index in [-0.39, 0.29) is 55.5 Å². The van der Waals surface area contributed by atoms with Crippen LogP contribution in [0.25, 0.3) is 0 Å². The first kappa shape index (κ1) is 30.7. The van der Waals surface area contributed by atoms with Crippen molar-refractivity contribution in [1.82, 2.24) is 25.5 Å². The normalized spacial score (nSPS) is 10.7. The van der Waals surface area contributed by atoms with Crippen molar-refractivity contribution in [2.24, 2.45) is 5.92 Å². The number of amides is 4. The van der Waals surface area contributed by atoms with Crippen LogP contribution in [0.2, 0.25) is 0 Å². The second-order valence-corrected chi connectivity index (χ2v) is 8.10. The monoisotopic (exact) mass is 457 g/mol. The lowest BCUT2D eigenvalue weighted by Crippen LogP contribution is -2.47. The molecule has 33 heavy (non-hydrogen) atoms. The van der Waals surface area contributed by atoms with Crippen LogP contribution < -0.4 is 15.9 Å². The third-order valence-electron chi connectivity index (χ3n) is 4.76. The number of unbranched alkanes of at least 4 members (excludes halogenated alkanes) is 3. The molecule has 0 aliphatic rings. The molecule has 0 rings (SSSR count). The Morgan fingerprint density at radius 3 is 1.73 bits per heavy atom. The molecule has 10 nitrogen and oxygen atoms in total. The lowest BCUT2D eigenvalue weighted by atomic mass is 10.0. The Morgan fingerprint density at radius 2 is 1.24 bits per heavy atom. The van der Waals surface area contributed by atoms with Gasteiger partial charge in [0, 0.05) is 31.8 Å². The minimum Gasteiger partial charge on any atom is -0.448 e. The predicted octanol–water partition coefficient (Wildman–Crippen LogP) is -1.33. The van der Waals surface area contributed by atoms with Crippen molar-refractivity contribution in [3.05, 3.63) is 0 Å². The number of nitrogens with zero attached hydrogens (tertiary/aromatic N) is 2. The highest BCUT2D eigenvalue weighted by Crippen LogP contribution is 2.05. The summed E-state index contributed by atoms with van der Waals surface area (Å²) >= 11 is 0. The summed E-state index contributed by atoms with van der Waals surface area (Å²) in [4.78, 5) is 60.2. The number of Topliss-reactive ketones (excluding diaryl/α,β-unsaturated/α-hetero) is 1. The van der Waals surface area contributed by atoms with Crippen molar-refractivity contribution < 1.29 is 24.0 Å². The predicted molar refractivity (Wildman–Crippen MR) is 127 cm³/mol. The lowest BCUT2D eigenvalue weighted by Gasteiger charge is -2.23. The zero-order chi connectivity index (χ0) is 25.2. The average molecular weight is 457 g/mol. The van der Waals surface area contributed by atoms with Gasteiger partial charge in [-0.1, -0.05) is 20.3 Å². The first-order valence-electron chi connectivity index (χ1n) is 11.2. The Balaban J connectivity index is 4.36. The molecule has 0 atom stereocenters. The minimum absolute atomic E-state index is 0.0335. The molecule has 178 valence electrons. The summed E-state index contributed by atoms with van der Waals surface area (Å²) in [5, 5.41) is 7.45. The quantitative estimate of drug-likeness (QED) is 0.173. The molecule has 0 aromatic rings. The molecule has 0 saturated heterocycles. The van der Waals surface area contributed by atoms with Gasteiger partial charge in [-0.3, -0.25) is 28.9 Å². The number of hydrogen-bond acceptors (Lipinski definition) is 6. The Labute approximate surface area is 200 Å². The molecule has 0 aromatic heterocycles. The summed E-state index contributed by atoms with van der Waals surface area (Å²) < 4.78 is 0.406. The van der Waals surface area contributed by atoms with Crippen molar-refractivity contribution in [2.75, 3.05) is 32.7 Å². The summed E-state index contributed by atoms with van der Waals surface area (Å²) in [5.74, 6) is -1.40. The van der Waals surface area contributed by atoms with E-state index >= 15 is 0 Å². The van der Waals surface area contributed by atoms with Gasteiger partial charge in [-0.15, -0.1) is 0 Å². The van der Waals surface area contributed by atoms with Gasteiger partial charge < -0.3 is 20.6 Å². The van der Waals surface area contributed by atoms with Crippen molar-refractivity contribution in [2.45, 2.75) is 58.8 Å². The van der Waals surface area contributed by atoms with Crippen molar-refractivity contribution in [1.29, 1.82) is 0 Å². The number of ketones is 1. The third-order valence-corrected chi connectivity index (χ3v) is 4.76. The molecule has 0 spiro atoms. The Hall–Kier alpha value is -2.30. The molecule has 13 heteroatoms. The summed E-state index contributed by atoms with van der Waals surface area (Å²) in [6.45, 7) is 3.82. The van der Waals surface area contributed by atoms with Crippen LogP contribution in [0.1, 0.15) is 58.8 Å². The van der Waals surface area contributed by atoms with Crippen LogP contribution in [0.3, 0.4) is 0 Å². The van der Waals surface area contributed by atoms with Crippen molar-refractivity contribution in [3.63, 3.8) is 0 Å². The summed E-state index contributed by atoms with van der Waals surface area (Å²) in [6.07, 6.45) is 4.21. The second kappa shape index (κ2) is 18.2. The number of nitrogens with one attached hydrogen (secondary N) is 3. The maximum Gasteiger partial charge on any atom is 0.234 e. The number of rotatable bonds is 18. The maximum absolute atomic E-state index is 12.2. The molecular formula is C20H34B3N5O5. The standard InChI is InChI=1S/C20H34B3N5O5/c1-15(2)16(29)8-4-3-6-10-24-18(31)12-27(14-20(33)28(22)23)13-19(32)25-11-7-5-9-17(30)26-21/h15H,3-14H2,1-2H3,(H,24,31)(H,25,32)(H,26,30). The fourth-order valence-electron chi connectivity index (χ4n) is 2.79. The van der Waals surface area contributed by atoms with Gasteiger partial charge in [0.25, 0.3) is 0 Å². The van der Waals surface area contributed by atoms with Gasteiger partial charge in [0.15, 0.2) is 0 Å². The van der Waals surface area contributed by atoms with E-state index < -0.39 is 5.91 Å². The fourth-order valence-corrected chi connectivity index (χ4v) is 2.79. The van der Waals surface area contributed by atoms with E-state index in [9.17, 15) is 24.0 Å². The summed E-state index contributed by atoms with van der Waals surface area (Å²) in [7, 11) is 15.5. The Kier molecular flexibility index (Phi) is 16.9. The summed E-state index contributed by atoms with van der Waals surface area (Å²) in [5.41, 5.74) is 0. The van der Waals surface area contributed by atoms with E-state index in [1.165, 1.54) is 4.90 Å². The van der Waals surface area contributed by atoms with Gasteiger partial charge in [-0.2, -0.15) is 0 Å². The van der Waals surface area contributed by atoms with E-state index in [1.807, 2.05) is 19.1 Å². The van der Waals surface area contributed by atoms with Gasteiger partial charge in [0.05, 0.1) is 19.6 Å². The van der Waals surface area contributed by atoms with E-state index in [1.54, 1.807) is 0 Å². The van der Waals surface area contributed by atoms with Crippen molar-refractivity contribution in [3.8, 4) is 0 Å². The highest BCUT2D eigenvalue weighted by molar-refractivity contribution is 6.34. The first-order chi connectivity index (χ1) is 15.6. The largest absolute Gasteiger partial charge is 0.448 e. The molecule has 0 saturated carbocycles. The Morgan fingerprint density at radius 1 is 0.727 bits per heavy atom. The first-order valence-corrected chi connectivity index (χ1v) is 11.2. The molecule has 3 N–H and O–H groups in total. The zero-order valence-electron chi connectivity index (χ0n) is 19.7.